The van der Waals surface area contributed by atoms with Crippen molar-refractivity contribution in [3.05, 3.63) is 53.8 Å². The molecule has 2 unspecified atom stereocenters. The molecule has 2 aromatic carbocycles. The number of halogens is 1. The quantitative estimate of drug-likeness (QED) is 0.647. The number of ether oxygens (including phenoxy) is 1. The Bertz CT molecular complexity index is 1020. The van der Waals surface area contributed by atoms with Crippen LogP contribution in [0.3, 0.4) is 0 Å². The summed E-state index contributed by atoms with van der Waals surface area (Å²) in [6.45, 7) is 6.41. The van der Waals surface area contributed by atoms with Crippen LogP contribution in [0.25, 0.3) is 0 Å². The van der Waals surface area contributed by atoms with Gasteiger partial charge in [0.05, 0.1) is 17.2 Å². The number of amides is 1. The summed E-state index contributed by atoms with van der Waals surface area (Å²) < 4.78 is 46.6. The average Bonchev–Trinajstić information content (AvgIpc) is 3.51. The molecule has 0 bridgehead atoms. The third-order valence-electron chi connectivity index (χ3n) is 5.28. The minimum absolute atomic E-state index is 0.0893. The Morgan fingerprint density at radius 2 is 1.87 bits per heavy atom. The summed E-state index contributed by atoms with van der Waals surface area (Å²) in [4.78, 5) is 12.9. The van der Waals surface area contributed by atoms with Crippen LogP contribution in [0.5, 0.6) is 5.75 Å². The summed E-state index contributed by atoms with van der Waals surface area (Å²) in [7, 11) is -3.68. The van der Waals surface area contributed by atoms with Crippen molar-refractivity contribution in [2.45, 2.75) is 38.0 Å². The van der Waals surface area contributed by atoms with Crippen LogP contribution in [0.15, 0.2) is 47.4 Å². The smallest absolute Gasteiger partial charge is 0.243 e. The molecule has 1 N–H and O–H groups in total. The summed E-state index contributed by atoms with van der Waals surface area (Å²) in [5.41, 5.74) is 0.829. The van der Waals surface area contributed by atoms with Crippen LogP contribution < -0.4 is 10.1 Å². The average molecular weight is 435 g/mol. The largest absolute Gasteiger partial charge is 0.492 e. The van der Waals surface area contributed by atoms with Crippen LogP contribution >= 0.6 is 0 Å². The summed E-state index contributed by atoms with van der Waals surface area (Å²) in [6.07, 6.45) is 0.550. The molecular formula is C22H27FN2O4S. The van der Waals surface area contributed by atoms with E-state index in [0.717, 1.165) is 0 Å². The van der Waals surface area contributed by atoms with E-state index in [1.165, 1.54) is 22.5 Å². The molecule has 2 aromatic rings. The SMILES string of the molecule is CCOc1ccc(S(=O)(=O)N(CC)CC)cc1NC(=O)C1CC1c1ccccc1F. The fourth-order valence-corrected chi connectivity index (χ4v) is 5.08. The van der Waals surface area contributed by atoms with Crippen LogP contribution in [0.1, 0.15) is 38.7 Å². The monoisotopic (exact) mass is 434 g/mol. The van der Waals surface area contributed by atoms with Crippen molar-refractivity contribution in [1.82, 2.24) is 4.31 Å². The zero-order valence-corrected chi connectivity index (χ0v) is 18.2. The molecule has 0 aliphatic heterocycles. The van der Waals surface area contributed by atoms with Gasteiger partial charge in [-0.1, -0.05) is 32.0 Å². The van der Waals surface area contributed by atoms with Crippen molar-refractivity contribution < 1.29 is 22.3 Å². The number of carbonyl (C=O) groups excluding carboxylic acids is 1. The zero-order valence-electron chi connectivity index (χ0n) is 17.4. The Morgan fingerprint density at radius 3 is 2.50 bits per heavy atom. The molecule has 6 nitrogen and oxygen atoms in total. The first-order valence-corrected chi connectivity index (χ1v) is 11.6. The van der Waals surface area contributed by atoms with Gasteiger partial charge in [0.2, 0.25) is 15.9 Å². The maximum atomic E-state index is 14.0. The van der Waals surface area contributed by atoms with Gasteiger partial charge in [0.1, 0.15) is 11.6 Å². The molecule has 0 aromatic heterocycles. The number of carbonyl (C=O) groups is 1. The fraction of sp³-hybridized carbons (Fsp3) is 0.409. The van der Waals surface area contributed by atoms with E-state index in [1.54, 1.807) is 45.0 Å². The van der Waals surface area contributed by atoms with E-state index >= 15 is 0 Å². The van der Waals surface area contributed by atoms with Crippen LogP contribution in [0, 0.1) is 11.7 Å². The van der Waals surface area contributed by atoms with Gasteiger partial charge >= 0.3 is 0 Å². The minimum Gasteiger partial charge on any atom is -0.492 e. The second kappa shape index (κ2) is 9.14. The number of rotatable bonds is 9. The van der Waals surface area contributed by atoms with Crippen molar-refractivity contribution >= 4 is 21.6 Å². The minimum atomic E-state index is -3.68. The van der Waals surface area contributed by atoms with E-state index in [-0.39, 0.29) is 28.5 Å². The van der Waals surface area contributed by atoms with Crippen molar-refractivity contribution in [2.24, 2.45) is 5.92 Å². The third kappa shape index (κ3) is 4.49. The first-order valence-electron chi connectivity index (χ1n) is 10.2. The zero-order chi connectivity index (χ0) is 21.9. The van der Waals surface area contributed by atoms with Crippen molar-refractivity contribution in [3.8, 4) is 5.75 Å². The van der Waals surface area contributed by atoms with Gasteiger partial charge in [-0.3, -0.25) is 4.79 Å². The molecule has 1 aliphatic rings. The molecule has 1 saturated carbocycles. The Kier molecular flexibility index (Phi) is 6.77. The standard InChI is InChI=1S/C22H27FN2O4S/c1-4-25(5-2)30(27,28)15-11-12-21(29-6-3)20(13-15)24-22(26)18-14-17(18)16-9-7-8-10-19(16)23/h7-13,17-18H,4-6,14H2,1-3H3,(H,24,26). The highest BCUT2D eigenvalue weighted by molar-refractivity contribution is 7.89. The molecule has 0 heterocycles. The van der Waals surface area contributed by atoms with Gasteiger partial charge in [0.25, 0.3) is 0 Å². The lowest BCUT2D eigenvalue weighted by Crippen LogP contribution is -2.30. The van der Waals surface area contributed by atoms with Gasteiger partial charge in [0.15, 0.2) is 0 Å². The first-order chi connectivity index (χ1) is 14.3. The summed E-state index contributed by atoms with van der Waals surface area (Å²) in [5.74, 6) is -0.738. The summed E-state index contributed by atoms with van der Waals surface area (Å²) in [5, 5.41) is 2.79. The van der Waals surface area contributed by atoms with Crippen LogP contribution in [-0.2, 0) is 14.8 Å². The molecule has 1 amide bonds. The van der Waals surface area contributed by atoms with Crippen molar-refractivity contribution in [2.75, 3.05) is 25.0 Å². The Morgan fingerprint density at radius 1 is 1.17 bits per heavy atom. The Balaban J connectivity index is 1.84. The Labute approximate surface area is 177 Å². The number of hydrogen-bond acceptors (Lipinski definition) is 4. The van der Waals surface area contributed by atoms with Crippen LogP contribution in [0.2, 0.25) is 0 Å². The molecule has 2 atom stereocenters. The lowest BCUT2D eigenvalue weighted by atomic mass is 10.1. The molecule has 3 rings (SSSR count). The Hall–Kier alpha value is -2.45. The fourth-order valence-electron chi connectivity index (χ4n) is 3.59. The number of benzene rings is 2. The van der Waals surface area contributed by atoms with E-state index in [4.69, 9.17) is 4.74 Å². The van der Waals surface area contributed by atoms with Gasteiger partial charge < -0.3 is 10.1 Å². The molecular weight excluding hydrogens is 407 g/mol. The highest BCUT2D eigenvalue weighted by Crippen LogP contribution is 2.49. The number of hydrogen-bond donors (Lipinski definition) is 1. The maximum absolute atomic E-state index is 14.0. The summed E-state index contributed by atoms with van der Waals surface area (Å²) in [6, 6.07) is 10.9. The van der Waals surface area contributed by atoms with Gasteiger partial charge in [-0.15, -0.1) is 0 Å². The van der Waals surface area contributed by atoms with E-state index < -0.39 is 10.0 Å². The van der Waals surface area contributed by atoms with Crippen LogP contribution in [0.4, 0.5) is 10.1 Å². The molecule has 1 fully saturated rings. The van der Waals surface area contributed by atoms with Gasteiger partial charge in [-0.2, -0.15) is 4.31 Å². The van der Waals surface area contributed by atoms with E-state index in [1.807, 2.05) is 0 Å². The topological polar surface area (TPSA) is 75.7 Å². The first kappa shape index (κ1) is 22.2. The van der Waals surface area contributed by atoms with Gasteiger partial charge in [-0.25, -0.2) is 12.8 Å². The van der Waals surface area contributed by atoms with E-state index in [9.17, 15) is 17.6 Å². The lowest BCUT2D eigenvalue weighted by Gasteiger charge is -2.20. The molecule has 8 heteroatoms. The molecule has 162 valence electrons. The predicted octanol–water partition coefficient (Wildman–Crippen LogP) is 4.00. The van der Waals surface area contributed by atoms with Gasteiger partial charge in [0, 0.05) is 19.0 Å². The highest BCUT2D eigenvalue weighted by Gasteiger charge is 2.45. The highest BCUT2D eigenvalue weighted by atomic mass is 32.2. The predicted molar refractivity (Wildman–Crippen MR) is 114 cm³/mol. The van der Waals surface area contributed by atoms with Crippen molar-refractivity contribution in [3.63, 3.8) is 0 Å². The molecule has 0 saturated heterocycles. The second-order valence-electron chi connectivity index (χ2n) is 7.14. The molecule has 1 aliphatic carbocycles. The molecule has 30 heavy (non-hydrogen) atoms. The molecule has 0 spiro atoms. The maximum Gasteiger partial charge on any atom is 0.243 e. The summed E-state index contributed by atoms with van der Waals surface area (Å²) >= 11 is 0. The van der Waals surface area contributed by atoms with Crippen LogP contribution in [-0.4, -0.2) is 38.3 Å². The van der Waals surface area contributed by atoms with E-state index in [2.05, 4.69) is 5.32 Å². The van der Waals surface area contributed by atoms with Gasteiger partial charge in [-0.05, 0) is 49.1 Å². The molecule has 0 radical (unpaired) electrons. The van der Waals surface area contributed by atoms with Crippen molar-refractivity contribution in [1.29, 1.82) is 0 Å². The second-order valence-corrected chi connectivity index (χ2v) is 9.08. The number of nitrogens with zero attached hydrogens (tertiary/aromatic N) is 1. The number of anilines is 1. The third-order valence-corrected chi connectivity index (χ3v) is 7.33. The number of nitrogens with one attached hydrogen (secondary N) is 1. The normalized spacial score (nSPS) is 18.3. The number of sulfonamides is 1. The van der Waals surface area contributed by atoms with E-state index in [0.29, 0.717) is 43.1 Å². The lowest BCUT2D eigenvalue weighted by molar-refractivity contribution is -0.117.